The van der Waals surface area contributed by atoms with E-state index in [4.69, 9.17) is 0 Å². The number of nitrogens with zero attached hydrogens (tertiary/aromatic N) is 3. The van der Waals surface area contributed by atoms with Crippen molar-refractivity contribution in [2.45, 2.75) is 53.4 Å². The summed E-state index contributed by atoms with van der Waals surface area (Å²) in [4.78, 5) is 0. The zero-order valence-electron chi connectivity index (χ0n) is 22.0. The van der Waals surface area contributed by atoms with E-state index in [9.17, 15) is 46.8 Å². The van der Waals surface area contributed by atoms with E-state index >= 15 is 0 Å². The van der Waals surface area contributed by atoms with Crippen LogP contribution in [0.4, 0.5) is 26.3 Å². The summed E-state index contributed by atoms with van der Waals surface area (Å²) in [7, 11) is -1.88. The van der Waals surface area contributed by atoms with Crippen LogP contribution in [0.3, 0.4) is 0 Å². The topological polar surface area (TPSA) is 124 Å². The molecule has 2 unspecified atom stereocenters. The van der Waals surface area contributed by atoms with Gasteiger partial charge in [-0.05, 0) is 49.7 Å². The van der Waals surface area contributed by atoms with Crippen LogP contribution in [0.1, 0.15) is 35.3 Å². The van der Waals surface area contributed by atoms with Crippen LogP contribution in [0.25, 0.3) is 11.3 Å². The van der Waals surface area contributed by atoms with Gasteiger partial charge in [0.05, 0.1) is 36.2 Å². The summed E-state index contributed by atoms with van der Waals surface area (Å²) >= 11 is 0. The molecule has 0 spiro atoms. The van der Waals surface area contributed by atoms with Gasteiger partial charge in [0.15, 0.2) is 17.5 Å². The van der Waals surface area contributed by atoms with Crippen molar-refractivity contribution < 1.29 is 46.8 Å². The maximum absolute atomic E-state index is 14.2. The van der Waals surface area contributed by atoms with Gasteiger partial charge in [0.2, 0.25) is 0 Å². The normalized spacial score (nSPS) is 28.0. The number of halogens is 6. The monoisotopic (exact) mass is 620 g/mol. The Bertz CT molecular complexity index is 1400. The molecular weight excluding hydrogens is 590 g/mol. The maximum Gasteiger partial charge on any atom is 0.416 e. The Hall–Kier alpha value is -2.69. The van der Waals surface area contributed by atoms with E-state index < -0.39 is 81.0 Å². The summed E-state index contributed by atoms with van der Waals surface area (Å²) in [5.41, 5.74) is -2.97. The zero-order valence-corrected chi connectivity index (χ0v) is 22.9. The smallest absolute Gasteiger partial charge is 0.395 e. The highest BCUT2D eigenvalue weighted by Crippen LogP contribution is 2.60. The number of aliphatic hydroxyl groups is 4. The molecule has 2 aliphatic heterocycles. The Balaban J connectivity index is 1.53. The molecule has 5 N–H and O–H groups in total. The van der Waals surface area contributed by atoms with Crippen LogP contribution in [-0.4, -0.2) is 83.9 Å². The van der Waals surface area contributed by atoms with Gasteiger partial charge in [-0.15, -0.1) is 5.10 Å². The number of hydrogen-bond donors (Lipinski definition) is 6. The van der Waals surface area contributed by atoms with Crippen molar-refractivity contribution in [3.05, 3.63) is 71.2 Å². The number of nitrogens with one attached hydrogen (secondary N) is 1. The molecule has 5 rings (SSSR count). The van der Waals surface area contributed by atoms with Gasteiger partial charge in [-0.1, -0.05) is 23.4 Å². The Morgan fingerprint density at radius 3 is 2.33 bits per heavy atom. The molecule has 2 aliphatic rings. The lowest BCUT2D eigenvalue weighted by molar-refractivity contribution is -0.138. The highest BCUT2D eigenvalue weighted by atomic mass is 32.2. The summed E-state index contributed by atoms with van der Waals surface area (Å²) in [5.74, 6) is -4.74. The van der Waals surface area contributed by atoms with Crippen molar-refractivity contribution in [2.75, 3.05) is 25.4 Å². The van der Waals surface area contributed by atoms with Crippen LogP contribution in [0.15, 0.2) is 42.6 Å². The second kappa shape index (κ2) is 11.8. The first-order valence-corrected chi connectivity index (χ1v) is 14.9. The standard InChI is InChI=1S/C27H30F6N4O4S/c28-17-9-14(10-18(29)22(17)30)19-11-37(36-35-19)23-20(39)13-42(21(12-38)24(23)40)25(26(41)5-7-34-8-6-26)15-3-1-2-4-16(15)27(31,32)33/h1-4,9-11,20-21,23-25,34,38-42H,5-8,12-13H2/t20-,21+,23-,24-,25?/m0/s1. The Morgan fingerprint density at radius 1 is 1.07 bits per heavy atom. The molecule has 1 aromatic heterocycles. The molecule has 3 aromatic rings. The van der Waals surface area contributed by atoms with Crippen molar-refractivity contribution in [1.82, 2.24) is 20.3 Å². The fourth-order valence-electron chi connectivity index (χ4n) is 6.11. The van der Waals surface area contributed by atoms with Gasteiger partial charge < -0.3 is 25.7 Å². The van der Waals surface area contributed by atoms with Gasteiger partial charge in [0, 0.05) is 21.8 Å². The number of thiol groups is 1. The maximum atomic E-state index is 14.2. The summed E-state index contributed by atoms with van der Waals surface area (Å²) in [6, 6.07) is 5.07. The molecule has 0 bridgehead atoms. The molecule has 0 saturated carbocycles. The Morgan fingerprint density at radius 2 is 1.71 bits per heavy atom. The second-order valence-corrected chi connectivity index (χ2v) is 13.2. The zero-order chi connectivity index (χ0) is 30.4. The van der Waals surface area contributed by atoms with Gasteiger partial charge in [-0.2, -0.15) is 13.2 Å². The highest BCUT2D eigenvalue weighted by Gasteiger charge is 2.52. The van der Waals surface area contributed by atoms with Crippen molar-refractivity contribution >= 4 is 10.9 Å². The van der Waals surface area contributed by atoms with Crippen molar-refractivity contribution in [3.8, 4) is 11.3 Å². The van der Waals surface area contributed by atoms with E-state index in [1.807, 2.05) is 0 Å². The summed E-state index contributed by atoms with van der Waals surface area (Å²) in [6.45, 7) is 0.0213. The van der Waals surface area contributed by atoms with Gasteiger partial charge >= 0.3 is 6.18 Å². The van der Waals surface area contributed by atoms with E-state index in [1.54, 1.807) is 0 Å². The number of aliphatic hydroxyl groups excluding tert-OH is 3. The lowest BCUT2D eigenvalue weighted by Crippen LogP contribution is -2.54. The van der Waals surface area contributed by atoms with Crippen molar-refractivity contribution in [2.24, 2.45) is 0 Å². The fraction of sp³-hybridized carbons (Fsp3) is 0.481. The molecule has 15 heteroatoms. The Labute approximate surface area is 239 Å². The first-order chi connectivity index (χ1) is 19.9. The van der Waals surface area contributed by atoms with Crippen LogP contribution >= 0.6 is 10.9 Å². The molecule has 2 saturated heterocycles. The third-order valence-corrected chi connectivity index (χ3v) is 11.7. The average molecular weight is 621 g/mol. The first-order valence-electron chi connectivity index (χ1n) is 13.2. The molecule has 8 nitrogen and oxygen atoms in total. The van der Waals surface area contributed by atoms with Crippen molar-refractivity contribution in [1.29, 1.82) is 0 Å². The second-order valence-electron chi connectivity index (χ2n) is 10.7. The van der Waals surface area contributed by atoms with Crippen molar-refractivity contribution in [3.63, 3.8) is 0 Å². The van der Waals surface area contributed by atoms with Crippen LogP contribution < -0.4 is 5.32 Å². The van der Waals surface area contributed by atoms with E-state index in [0.29, 0.717) is 25.2 Å². The SMILES string of the molecule is OC[C@@H]1[C@H](O)[C@@H](n2cc(-c3cc(F)c(F)c(F)c3)nn2)[C@@H](O)C[SH]1C(c1ccccc1C(F)(F)F)C1(O)CCNCC1. The lowest BCUT2D eigenvalue weighted by Gasteiger charge is -2.53. The molecule has 3 heterocycles. The van der Waals surface area contributed by atoms with Crippen LogP contribution in [0.2, 0.25) is 0 Å². The molecule has 2 fully saturated rings. The molecular formula is C27H30F6N4O4S. The number of alkyl halides is 3. The summed E-state index contributed by atoms with van der Waals surface area (Å²) in [5, 5.41) is 53.6. The van der Waals surface area contributed by atoms with Crippen LogP contribution in [0.5, 0.6) is 0 Å². The number of piperidine rings is 1. The van der Waals surface area contributed by atoms with E-state index in [1.165, 1.54) is 24.4 Å². The number of aromatic nitrogens is 3. The number of hydrogen-bond acceptors (Lipinski definition) is 7. The van der Waals surface area contributed by atoms with Gasteiger partial charge in [-0.3, -0.25) is 0 Å². The number of rotatable bonds is 6. The molecule has 6 atom stereocenters. The van der Waals surface area contributed by atoms with Gasteiger partial charge in [0.1, 0.15) is 11.7 Å². The molecule has 0 amide bonds. The van der Waals surface area contributed by atoms with E-state index in [0.717, 1.165) is 10.7 Å². The molecule has 2 aromatic carbocycles. The Kier molecular flexibility index (Phi) is 8.62. The van der Waals surface area contributed by atoms with Crippen LogP contribution in [0, 0.1) is 17.5 Å². The summed E-state index contributed by atoms with van der Waals surface area (Å²) < 4.78 is 84.6. The quantitative estimate of drug-likeness (QED) is 0.142. The first kappa shape index (κ1) is 30.8. The fourth-order valence-corrected chi connectivity index (χ4v) is 9.86. The minimum atomic E-state index is -4.74. The largest absolute Gasteiger partial charge is 0.416 e. The minimum Gasteiger partial charge on any atom is -0.395 e. The predicted molar refractivity (Wildman–Crippen MR) is 142 cm³/mol. The van der Waals surface area contributed by atoms with Gasteiger partial charge in [-0.25, -0.2) is 28.7 Å². The molecule has 0 radical (unpaired) electrons. The van der Waals surface area contributed by atoms with E-state index in [2.05, 4.69) is 15.6 Å². The molecule has 0 aliphatic carbocycles. The van der Waals surface area contributed by atoms with Gasteiger partial charge in [0.25, 0.3) is 0 Å². The molecule has 42 heavy (non-hydrogen) atoms. The minimum absolute atomic E-state index is 0.0958. The highest BCUT2D eigenvalue weighted by molar-refractivity contribution is 8.18. The third kappa shape index (κ3) is 5.65. The average Bonchev–Trinajstić information content (AvgIpc) is 3.41. The van der Waals surface area contributed by atoms with Crippen LogP contribution in [-0.2, 0) is 6.18 Å². The lowest BCUT2D eigenvalue weighted by atomic mass is 9.84. The van der Waals surface area contributed by atoms with E-state index in [-0.39, 0.29) is 35.4 Å². The third-order valence-electron chi connectivity index (χ3n) is 8.12. The molecule has 230 valence electrons. The summed E-state index contributed by atoms with van der Waals surface area (Å²) in [6.07, 6.45) is -6.28. The predicted octanol–water partition coefficient (Wildman–Crippen LogP) is 2.88. The number of benzene rings is 2.